The number of benzene rings is 2. The molecule has 2 aromatic rings. The van der Waals surface area contributed by atoms with Gasteiger partial charge in [-0.3, -0.25) is 9.59 Å². The lowest BCUT2D eigenvalue weighted by Crippen LogP contribution is -2.49. The third-order valence-electron chi connectivity index (χ3n) is 5.78. The van der Waals surface area contributed by atoms with Gasteiger partial charge in [-0.05, 0) is 74.0 Å². The molecule has 1 aliphatic heterocycles. The van der Waals surface area contributed by atoms with Crippen molar-refractivity contribution in [1.82, 2.24) is 10.2 Å². The van der Waals surface area contributed by atoms with Crippen LogP contribution in [-0.2, 0) is 9.59 Å². The largest absolute Gasteiger partial charge is 0.332 e. The summed E-state index contributed by atoms with van der Waals surface area (Å²) in [6.45, 7) is 0.952. The number of nitrogens with two attached hydrogens (primary N) is 1. The van der Waals surface area contributed by atoms with Gasteiger partial charge in [-0.1, -0.05) is 65.0 Å². The second-order valence-corrected chi connectivity index (χ2v) is 9.96. The molecule has 1 atom stereocenters. The van der Waals surface area contributed by atoms with Gasteiger partial charge < -0.3 is 16.0 Å². The molecular formula is C26H27Cl4N3O2. The molecule has 0 bridgehead atoms. The van der Waals surface area contributed by atoms with Gasteiger partial charge in [0.1, 0.15) is 0 Å². The van der Waals surface area contributed by atoms with E-state index in [1.165, 1.54) is 0 Å². The van der Waals surface area contributed by atoms with Crippen LogP contribution in [0.15, 0.2) is 47.5 Å². The molecular weight excluding hydrogens is 528 g/mol. The lowest BCUT2D eigenvalue weighted by atomic mass is 9.93. The van der Waals surface area contributed by atoms with Crippen molar-refractivity contribution in [1.29, 1.82) is 0 Å². The molecule has 3 N–H and O–H groups in total. The summed E-state index contributed by atoms with van der Waals surface area (Å²) in [6.07, 6.45) is 5.83. The Hall–Kier alpha value is -1.86. The number of nitrogens with zero attached hydrogens (tertiary/aromatic N) is 1. The molecule has 1 amide bonds. The smallest absolute Gasteiger partial charge is 0.240 e. The number of hydrogen-bond donors (Lipinski definition) is 2. The third kappa shape index (κ3) is 7.32. The Morgan fingerprint density at radius 1 is 0.943 bits per heavy atom. The Bertz CT molecular complexity index is 1090. The summed E-state index contributed by atoms with van der Waals surface area (Å²) >= 11 is 24.4. The number of hydrogen-bond acceptors (Lipinski definition) is 4. The first kappa shape index (κ1) is 27.7. The highest BCUT2D eigenvalue weighted by Crippen LogP contribution is 2.28. The van der Waals surface area contributed by atoms with Gasteiger partial charge in [0, 0.05) is 24.2 Å². The molecule has 1 saturated heterocycles. The van der Waals surface area contributed by atoms with E-state index in [9.17, 15) is 9.59 Å². The second-order valence-electron chi connectivity index (χ2n) is 8.34. The molecule has 1 heterocycles. The molecule has 1 fully saturated rings. The number of carbonyl (C=O) groups is 2. The van der Waals surface area contributed by atoms with E-state index in [0.717, 1.165) is 24.0 Å². The maximum absolute atomic E-state index is 13.4. The fraction of sp³-hybridized carbons (Fsp3) is 0.308. The predicted molar refractivity (Wildman–Crippen MR) is 146 cm³/mol. The van der Waals surface area contributed by atoms with Crippen molar-refractivity contribution in [3.8, 4) is 0 Å². The van der Waals surface area contributed by atoms with Crippen molar-refractivity contribution in [2.24, 2.45) is 5.73 Å². The first-order valence-electron chi connectivity index (χ1n) is 11.3. The van der Waals surface area contributed by atoms with Crippen LogP contribution < -0.4 is 11.1 Å². The summed E-state index contributed by atoms with van der Waals surface area (Å²) in [4.78, 5) is 28.5. The van der Waals surface area contributed by atoms with E-state index < -0.39 is 0 Å². The number of piperidine rings is 1. The van der Waals surface area contributed by atoms with Crippen LogP contribution >= 0.6 is 46.4 Å². The molecule has 35 heavy (non-hydrogen) atoms. The first-order chi connectivity index (χ1) is 16.7. The molecule has 0 aromatic heterocycles. The minimum absolute atomic E-state index is 0.0721. The van der Waals surface area contributed by atoms with Crippen molar-refractivity contribution in [3.63, 3.8) is 0 Å². The summed E-state index contributed by atoms with van der Waals surface area (Å²) in [7, 11) is 1.76. The van der Waals surface area contributed by atoms with Gasteiger partial charge in [-0.25, -0.2) is 0 Å². The fourth-order valence-electron chi connectivity index (χ4n) is 3.91. The maximum atomic E-state index is 13.4. The maximum Gasteiger partial charge on any atom is 0.240 e. The van der Waals surface area contributed by atoms with Crippen LogP contribution in [0.5, 0.6) is 0 Å². The van der Waals surface area contributed by atoms with E-state index in [1.807, 2.05) is 0 Å². The Labute approximate surface area is 225 Å². The van der Waals surface area contributed by atoms with Crippen LogP contribution in [0.3, 0.4) is 0 Å². The molecule has 2 aromatic carbocycles. The quantitative estimate of drug-likeness (QED) is 0.315. The van der Waals surface area contributed by atoms with Crippen molar-refractivity contribution in [3.05, 3.63) is 78.8 Å². The van der Waals surface area contributed by atoms with E-state index in [2.05, 4.69) is 5.32 Å². The van der Waals surface area contributed by atoms with E-state index in [-0.39, 0.29) is 30.8 Å². The Balaban J connectivity index is 1.98. The van der Waals surface area contributed by atoms with Crippen LogP contribution in [0.25, 0.3) is 12.2 Å². The topological polar surface area (TPSA) is 75.4 Å². The van der Waals surface area contributed by atoms with Gasteiger partial charge in [0.05, 0.1) is 26.1 Å². The first-order valence-corrected chi connectivity index (χ1v) is 12.8. The summed E-state index contributed by atoms with van der Waals surface area (Å²) in [5.74, 6) is -0.215. The normalized spacial score (nSPS) is 17.3. The average molecular weight is 555 g/mol. The standard InChI is InChI=1S/C26H27Cl4N3O2/c1-32-24(4-2-3-9-31)26(35)33-14-18(10-16-5-7-20(27)22(29)12-16)25(34)19(15-33)11-17-6-8-21(28)23(30)13-17/h5-8,10-13,24,32H,2-4,9,14-15,31H2,1H3/b18-10+,19-11+/t24-/m1/s1. The molecule has 0 spiro atoms. The summed E-state index contributed by atoms with van der Waals surface area (Å²) in [6, 6.07) is 9.92. The number of carbonyl (C=O) groups excluding carboxylic acids is 2. The number of Topliss-reactive ketones (excluding diaryl/α,β-unsaturated/α-hetero) is 1. The van der Waals surface area contributed by atoms with E-state index in [4.69, 9.17) is 52.1 Å². The molecule has 1 aliphatic rings. The van der Waals surface area contributed by atoms with Gasteiger partial charge in [0.15, 0.2) is 5.78 Å². The molecule has 3 rings (SSSR count). The average Bonchev–Trinajstić information content (AvgIpc) is 2.83. The minimum atomic E-state index is -0.368. The molecule has 0 radical (unpaired) electrons. The van der Waals surface area contributed by atoms with Crippen LogP contribution in [0.1, 0.15) is 30.4 Å². The molecule has 9 heteroatoms. The van der Waals surface area contributed by atoms with Gasteiger partial charge >= 0.3 is 0 Å². The fourth-order valence-corrected chi connectivity index (χ4v) is 4.52. The number of likely N-dealkylation sites (tertiary alicyclic amines) is 1. The van der Waals surface area contributed by atoms with E-state index in [1.54, 1.807) is 60.5 Å². The van der Waals surface area contributed by atoms with Gasteiger partial charge in [-0.15, -0.1) is 0 Å². The van der Waals surface area contributed by atoms with Crippen molar-refractivity contribution in [2.45, 2.75) is 25.3 Å². The van der Waals surface area contributed by atoms with E-state index in [0.29, 0.717) is 44.2 Å². The van der Waals surface area contributed by atoms with Crippen molar-refractivity contribution < 1.29 is 9.59 Å². The predicted octanol–water partition coefficient (Wildman–Crippen LogP) is 5.90. The van der Waals surface area contributed by atoms with Crippen LogP contribution in [0.4, 0.5) is 0 Å². The third-order valence-corrected chi connectivity index (χ3v) is 7.26. The SMILES string of the molecule is CN[C@H](CCCCN)C(=O)N1C/C(=C\c2ccc(Cl)c(Cl)c2)C(=O)/C(=C/c2ccc(Cl)c(Cl)c2)C1. The Morgan fingerprint density at radius 2 is 1.46 bits per heavy atom. The van der Waals surface area contributed by atoms with E-state index >= 15 is 0 Å². The van der Waals surface area contributed by atoms with Crippen molar-refractivity contribution in [2.75, 3.05) is 26.7 Å². The Kier molecular flexibility index (Phi) is 10.2. The van der Waals surface area contributed by atoms with Crippen molar-refractivity contribution >= 4 is 70.2 Å². The van der Waals surface area contributed by atoms with Crippen LogP contribution in [0.2, 0.25) is 20.1 Å². The molecule has 0 aliphatic carbocycles. The van der Waals surface area contributed by atoms with Gasteiger partial charge in [0.2, 0.25) is 5.91 Å². The summed E-state index contributed by atoms with van der Waals surface area (Å²) in [5, 5.41) is 4.73. The van der Waals surface area contributed by atoms with Gasteiger partial charge in [0.25, 0.3) is 0 Å². The highest BCUT2D eigenvalue weighted by atomic mass is 35.5. The molecule has 0 unspecified atom stereocenters. The lowest BCUT2D eigenvalue weighted by Gasteiger charge is -2.32. The highest BCUT2D eigenvalue weighted by Gasteiger charge is 2.32. The molecule has 186 valence electrons. The van der Waals surface area contributed by atoms with Crippen LogP contribution in [0, 0.1) is 0 Å². The second kappa shape index (κ2) is 12.9. The summed E-state index contributed by atoms with van der Waals surface area (Å²) < 4.78 is 0. The molecule has 5 nitrogen and oxygen atoms in total. The summed E-state index contributed by atoms with van der Waals surface area (Å²) in [5.41, 5.74) is 8.01. The minimum Gasteiger partial charge on any atom is -0.332 e. The van der Waals surface area contributed by atoms with Gasteiger partial charge in [-0.2, -0.15) is 0 Å². The monoisotopic (exact) mass is 553 g/mol. The lowest BCUT2D eigenvalue weighted by molar-refractivity contribution is -0.133. The number of nitrogens with one attached hydrogen (secondary N) is 1. The number of likely N-dealkylation sites (N-methyl/N-ethyl adjacent to an activating group) is 1. The van der Waals surface area contributed by atoms with Crippen LogP contribution in [-0.4, -0.2) is 49.3 Å². The zero-order valence-electron chi connectivity index (χ0n) is 19.3. The highest BCUT2D eigenvalue weighted by molar-refractivity contribution is 6.42. The zero-order valence-corrected chi connectivity index (χ0v) is 22.3. The number of unbranched alkanes of at least 4 members (excludes halogenated alkanes) is 1. The molecule has 0 saturated carbocycles. The zero-order chi connectivity index (χ0) is 25.5. The Morgan fingerprint density at radius 3 is 1.89 bits per heavy atom. The number of halogens is 4. The number of rotatable bonds is 8. The number of amides is 1. The number of ketones is 1.